The van der Waals surface area contributed by atoms with Gasteiger partial charge in [-0.25, -0.2) is 4.98 Å². The fraction of sp³-hybridized carbons (Fsp3) is 0.800. The lowest BCUT2D eigenvalue weighted by Crippen LogP contribution is -2.32. The van der Waals surface area contributed by atoms with Gasteiger partial charge in [-0.2, -0.15) is 0 Å². The monoisotopic (exact) mass is 280 g/mol. The summed E-state index contributed by atoms with van der Waals surface area (Å²) in [6.45, 7) is 3.48. The second kappa shape index (κ2) is 6.23. The molecule has 3 nitrogen and oxygen atoms in total. The maximum Gasteiger partial charge on any atom is 0.273 e. The highest BCUT2D eigenvalue weighted by atomic mass is 32.1. The van der Waals surface area contributed by atoms with Crippen LogP contribution in [0.2, 0.25) is 0 Å². The molecule has 1 fully saturated rings. The van der Waals surface area contributed by atoms with Crippen molar-refractivity contribution in [3.8, 4) is 5.19 Å². The minimum absolute atomic E-state index is 0.833. The lowest BCUT2D eigenvalue weighted by atomic mass is 9.87. The molecule has 1 aromatic heterocycles. The van der Waals surface area contributed by atoms with Gasteiger partial charge in [0.05, 0.1) is 12.8 Å². The first-order chi connectivity index (χ1) is 9.35. The van der Waals surface area contributed by atoms with Crippen LogP contribution in [0.5, 0.6) is 5.19 Å². The molecule has 0 N–H and O–H groups in total. The number of hydrogen-bond donors (Lipinski definition) is 0. The van der Waals surface area contributed by atoms with Crippen molar-refractivity contribution in [2.24, 2.45) is 5.92 Å². The Labute approximate surface area is 120 Å². The quantitative estimate of drug-likeness (QED) is 0.844. The molecule has 2 aliphatic rings. The molecule has 3 rings (SSSR count). The lowest BCUT2D eigenvalue weighted by Gasteiger charge is -2.29. The Morgan fingerprint density at radius 1 is 1.32 bits per heavy atom. The molecule has 1 aliphatic heterocycles. The van der Waals surface area contributed by atoms with E-state index in [0.29, 0.717) is 0 Å². The number of hydrogen-bond acceptors (Lipinski definition) is 4. The summed E-state index contributed by atoms with van der Waals surface area (Å²) in [5.41, 5.74) is 1.26. The first-order valence-electron chi connectivity index (χ1n) is 7.60. The second-order valence-corrected chi connectivity index (χ2v) is 6.92. The topological polar surface area (TPSA) is 25.4 Å². The third-order valence-electron chi connectivity index (χ3n) is 4.54. The van der Waals surface area contributed by atoms with Crippen LogP contribution in [0.25, 0.3) is 0 Å². The maximum absolute atomic E-state index is 5.25. The molecule has 0 radical (unpaired) electrons. The van der Waals surface area contributed by atoms with Crippen molar-refractivity contribution in [2.45, 2.75) is 51.5 Å². The molecule has 19 heavy (non-hydrogen) atoms. The Hall–Kier alpha value is -0.610. The van der Waals surface area contributed by atoms with Crippen LogP contribution in [0.1, 0.15) is 49.1 Å². The fourth-order valence-electron chi connectivity index (χ4n) is 3.35. The predicted molar refractivity (Wildman–Crippen MR) is 78.8 cm³/mol. The number of thiazole rings is 1. The van der Waals surface area contributed by atoms with Crippen LogP contribution in [-0.4, -0.2) is 30.1 Å². The molecule has 0 aromatic carbocycles. The largest absolute Gasteiger partial charge is 0.473 e. The van der Waals surface area contributed by atoms with Gasteiger partial charge in [-0.15, -0.1) is 0 Å². The van der Waals surface area contributed by atoms with Gasteiger partial charge in [0.15, 0.2) is 0 Å². The van der Waals surface area contributed by atoms with Crippen LogP contribution in [0.15, 0.2) is 0 Å². The van der Waals surface area contributed by atoms with E-state index in [1.807, 2.05) is 0 Å². The van der Waals surface area contributed by atoms with E-state index in [1.54, 1.807) is 18.4 Å². The van der Waals surface area contributed by atoms with Gasteiger partial charge in [-0.1, -0.05) is 43.4 Å². The Balaban J connectivity index is 1.50. The summed E-state index contributed by atoms with van der Waals surface area (Å²) >= 11 is 1.72. The van der Waals surface area contributed by atoms with Crippen LogP contribution in [-0.2, 0) is 13.0 Å². The van der Waals surface area contributed by atoms with Crippen LogP contribution in [0.3, 0.4) is 0 Å². The smallest absolute Gasteiger partial charge is 0.273 e. The summed E-state index contributed by atoms with van der Waals surface area (Å²) in [5.74, 6) is 0.986. The molecule has 2 heterocycles. The van der Waals surface area contributed by atoms with E-state index < -0.39 is 0 Å². The van der Waals surface area contributed by atoms with E-state index in [1.165, 1.54) is 62.2 Å². The van der Waals surface area contributed by atoms with Gasteiger partial charge >= 0.3 is 0 Å². The number of aromatic nitrogens is 1. The van der Waals surface area contributed by atoms with E-state index in [2.05, 4.69) is 9.88 Å². The highest BCUT2D eigenvalue weighted by Crippen LogP contribution is 2.31. The van der Waals surface area contributed by atoms with Gasteiger partial charge in [0.2, 0.25) is 0 Å². The van der Waals surface area contributed by atoms with Crippen molar-refractivity contribution in [3.05, 3.63) is 10.6 Å². The molecule has 1 aromatic rings. The highest BCUT2D eigenvalue weighted by molar-refractivity contribution is 7.13. The first-order valence-corrected chi connectivity index (χ1v) is 8.41. The molecule has 0 amide bonds. The SMILES string of the molecule is COc1nc2c(s1)CCN(CCC1CCCCC1)C2. The number of ether oxygens (including phenoxy) is 1. The fourth-order valence-corrected chi connectivity index (χ4v) is 4.22. The highest BCUT2D eigenvalue weighted by Gasteiger charge is 2.22. The van der Waals surface area contributed by atoms with E-state index in [9.17, 15) is 0 Å². The minimum Gasteiger partial charge on any atom is -0.473 e. The Kier molecular flexibility index (Phi) is 4.38. The van der Waals surface area contributed by atoms with E-state index in [0.717, 1.165) is 24.1 Å². The third-order valence-corrected chi connectivity index (χ3v) is 5.66. The molecule has 0 saturated heterocycles. The second-order valence-electron chi connectivity index (χ2n) is 5.87. The summed E-state index contributed by atoms with van der Waals surface area (Å²) in [7, 11) is 1.71. The van der Waals surface area contributed by atoms with E-state index in [-0.39, 0.29) is 0 Å². The Morgan fingerprint density at radius 2 is 2.16 bits per heavy atom. The normalized spacial score (nSPS) is 21.3. The van der Waals surface area contributed by atoms with Gasteiger partial charge in [-0.3, -0.25) is 4.90 Å². The average Bonchev–Trinajstić information content (AvgIpc) is 2.88. The maximum atomic E-state index is 5.25. The third kappa shape index (κ3) is 3.29. The van der Waals surface area contributed by atoms with Gasteiger partial charge in [-0.05, 0) is 25.3 Å². The van der Waals surface area contributed by atoms with Crippen molar-refractivity contribution < 1.29 is 4.74 Å². The predicted octanol–water partition coefficient (Wildman–Crippen LogP) is 3.48. The number of rotatable bonds is 4. The van der Waals surface area contributed by atoms with E-state index in [4.69, 9.17) is 4.74 Å². The van der Waals surface area contributed by atoms with Crippen molar-refractivity contribution in [3.63, 3.8) is 0 Å². The van der Waals surface area contributed by atoms with Crippen molar-refractivity contribution in [2.75, 3.05) is 20.2 Å². The minimum atomic E-state index is 0.833. The Morgan fingerprint density at radius 3 is 2.95 bits per heavy atom. The molecule has 4 heteroatoms. The standard InChI is InChI=1S/C15H24N2OS/c1-18-15-16-13-11-17(10-8-14(13)19-15)9-7-12-5-3-2-4-6-12/h12H,2-11H2,1H3. The zero-order valence-corrected chi connectivity index (χ0v) is 12.7. The van der Waals surface area contributed by atoms with Gasteiger partial charge in [0.25, 0.3) is 5.19 Å². The number of methoxy groups -OCH3 is 1. The van der Waals surface area contributed by atoms with Crippen molar-refractivity contribution >= 4 is 11.3 Å². The van der Waals surface area contributed by atoms with Crippen LogP contribution in [0, 0.1) is 5.92 Å². The zero-order valence-electron chi connectivity index (χ0n) is 11.9. The van der Waals surface area contributed by atoms with Crippen LogP contribution < -0.4 is 4.74 Å². The van der Waals surface area contributed by atoms with Crippen molar-refractivity contribution in [1.29, 1.82) is 0 Å². The number of fused-ring (bicyclic) bond motifs is 1. The molecule has 1 aliphatic carbocycles. The molecular weight excluding hydrogens is 256 g/mol. The molecular formula is C15H24N2OS. The molecule has 0 atom stereocenters. The molecule has 0 bridgehead atoms. The van der Waals surface area contributed by atoms with Crippen LogP contribution >= 0.6 is 11.3 Å². The summed E-state index contributed by atoms with van der Waals surface area (Å²) in [6.07, 6.45) is 9.84. The Bertz CT molecular complexity index is 412. The summed E-state index contributed by atoms with van der Waals surface area (Å²) in [4.78, 5) is 8.58. The summed E-state index contributed by atoms with van der Waals surface area (Å²) in [5, 5.41) is 0.833. The average molecular weight is 280 g/mol. The van der Waals surface area contributed by atoms with E-state index >= 15 is 0 Å². The van der Waals surface area contributed by atoms with Crippen molar-refractivity contribution in [1.82, 2.24) is 9.88 Å². The summed E-state index contributed by atoms with van der Waals surface area (Å²) < 4.78 is 5.25. The lowest BCUT2D eigenvalue weighted by molar-refractivity contribution is 0.216. The zero-order chi connectivity index (χ0) is 13.1. The van der Waals surface area contributed by atoms with Gasteiger partial charge < -0.3 is 4.74 Å². The van der Waals surface area contributed by atoms with Crippen LogP contribution in [0.4, 0.5) is 0 Å². The molecule has 0 spiro atoms. The van der Waals surface area contributed by atoms with Gasteiger partial charge in [0.1, 0.15) is 0 Å². The summed E-state index contributed by atoms with van der Waals surface area (Å²) in [6, 6.07) is 0. The molecule has 106 valence electrons. The number of nitrogens with zero attached hydrogens (tertiary/aromatic N) is 2. The molecule has 1 saturated carbocycles. The first kappa shape index (κ1) is 13.4. The van der Waals surface area contributed by atoms with Gasteiger partial charge in [0, 0.05) is 18.0 Å². The molecule has 0 unspecified atom stereocenters.